The van der Waals surface area contributed by atoms with Gasteiger partial charge < -0.3 is 10.6 Å². The molecule has 0 aliphatic heterocycles. The van der Waals surface area contributed by atoms with Crippen LogP contribution in [0.3, 0.4) is 0 Å². The molecule has 41 heavy (non-hydrogen) atoms. The van der Waals surface area contributed by atoms with Gasteiger partial charge in [0.2, 0.25) is 5.91 Å². The van der Waals surface area contributed by atoms with Gasteiger partial charge in [0, 0.05) is 42.5 Å². The number of nitrogens with one attached hydrogen (secondary N) is 2. The van der Waals surface area contributed by atoms with Crippen LogP contribution in [0.15, 0.2) is 102 Å². The molecule has 6 rings (SSSR count). The molecule has 8 heteroatoms. The van der Waals surface area contributed by atoms with Crippen LogP contribution in [0, 0.1) is 5.92 Å². The van der Waals surface area contributed by atoms with E-state index in [0.717, 1.165) is 70.4 Å². The third-order valence-corrected chi connectivity index (χ3v) is 8.51. The number of carbonyl (C=O) groups is 1. The van der Waals surface area contributed by atoms with Gasteiger partial charge in [0.05, 0.1) is 16.7 Å². The summed E-state index contributed by atoms with van der Waals surface area (Å²) in [5, 5.41) is 11.4. The lowest BCUT2D eigenvalue weighted by molar-refractivity contribution is -0.125. The van der Waals surface area contributed by atoms with Crippen LogP contribution in [0.2, 0.25) is 0 Å². The predicted octanol–water partition coefficient (Wildman–Crippen LogP) is 7.07. The van der Waals surface area contributed by atoms with Crippen LogP contribution in [0.4, 0.5) is 5.82 Å². The van der Waals surface area contributed by atoms with E-state index in [4.69, 9.17) is 4.98 Å². The zero-order valence-corrected chi connectivity index (χ0v) is 24.4. The second-order valence-electron chi connectivity index (χ2n) is 10.7. The number of amides is 1. The molecule has 5 aromatic rings. The second-order valence-corrected chi connectivity index (χ2v) is 11.5. The Bertz CT molecular complexity index is 1550. The highest BCUT2D eigenvalue weighted by atomic mass is 79.9. The third kappa shape index (κ3) is 6.33. The number of anilines is 1. The number of hydrogen-bond acceptors (Lipinski definition) is 5. The Labute approximate surface area is 248 Å². The lowest BCUT2D eigenvalue weighted by atomic mass is 9.93. The summed E-state index contributed by atoms with van der Waals surface area (Å²) in [6.45, 7) is 0.640. The highest BCUT2D eigenvalue weighted by Crippen LogP contribution is 2.36. The van der Waals surface area contributed by atoms with Gasteiger partial charge in [-0.3, -0.25) is 9.78 Å². The van der Waals surface area contributed by atoms with E-state index in [-0.39, 0.29) is 23.8 Å². The molecule has 0 radical (unpaired) electrons. The van der Waals surface area contributed by atoms with Crippen molar-refractivity contribution in [2.75, 3.05) is 5.32 Å². The number of hydrogen-bond donors (Lipinski definition) is 2. The largest absolute Gasteiger partial charge is 0.366 e. The molecule has 3 heterocycles. The summed E-state index contributed by atoms with van der Waals surface area (Å²) < 4.78 is 2.70. The van der Waals surface area contributed by atoms with E-state index in [2.05, 4.69) is 73.0 Å². The summed E-state index contributed by atoms with van der Waals surface area (Å²) in [6, 6.07) is 26.4. The minimum absolute atomic E-state index is 0.0245. The SMILES string of the molecule is O=C(NC(c1ccccc1)c1ccccc1)[C@H]1CCCC(c2cc(NCc3cccnc3)n3ncc(Br)c3n2)CC1. The Balaban J connectivity index is 1.18. The summed E-state index contributed by atoms with van der Waals surface area (Å²) in [4.78, 5) is 22.9. The van der Waals surface area contributed by atoms with Gasteiger partial charge in [0.1, 0.15) is 5.82 Å². The molecule has 1 aliphatic rings. The van der Waals surface area contributed by atoms with Gasteiger partial charge in [-0.25, -0.2) is 4.98 Å². The number of nitrogens with zero attached hydrogens (tertiary/aromatic N) is 4. The van der Waals surface area contributed by atoms with Gasteiger partial charge in [0.15, 0.2) is 5.65 Å². The summed E-state index contributed by atoms with van der Waals surface area (Å²) in [5.41, 5.74) is 5.11. The van der Waals surface area contributed by atoms with Crippen molar-refractivity contribution in [2.24, 2.45) is 5.92 Å². The maximum Gasteiger partial charge on any atom is 0.223 e. The second kappa shape index (κ2) is 12.6. The third-order valence-electron chi connectivity index (χ3n) is 7.96. The van der Waals surface area contributed by atoms with Crippen molar-refractivity contribution in [1.29, 1.82) is 0 Å². The maximum absolute atomic E-state index is 13.7. The molecule has 1 saturated carbocycles. The smallest absolute Gasteiger partial charge is 0.223 e. The van der Waals surface area contributed by atoms with Gasteiger partial charge in [-0.2, -0.15) is 9.61 Å². The fraction of sp³-hybridized carbons (Fsp3) is 0.273. The molecule has 2 aromatic carbocycles. The van der Waals surface area contributed by atoms with Gasteiger partial charge in [-0.05, 0) is 64.4 Å². The molecular formula is C33H33BrN6O. The van der Waals surface area contributed by atoms with Crippen LogP contribution < -0.4 is 10.6 Å². The lowest BCUT2D eigenvalue weighted by Crippen LogP contribution is -2.34. The molecule has 1 amide bonds. The first-order chi connectivity index (χ1) is 20.2. The van der Waals surface area contributed by atoms with E-state index in [9.17, 15) is 4.79 Å². The van der Waals surface area contributed by atoms with Gasteiger partial charge in [-0.1, -0.05) is 73.2 Å². The van der Waals surface area contributed by atoms with Crippen molar-refractivity contribution < 1.29 is 4.79 Å². The van der Waals surface area contributed by atoms with Crippen molar-refractivity contribution >= 4 is 33.3 Å². The van der Waals surface area contributed by atoms with Crippen LogP contribution in [0.5, 0.6) is 0 Å². The van der Waals surface area contributed by atoms with Crippen molar-refractivity contribution in [2.45, 2.75) is 50.6 Å². The molecule has 2 atom stereocenters. The standard InChI is InChI=1S/C33H33BrN6O/c34-28-22-37-40-30(36-21-23-9-8-18-35-20-23)19-29(38-32(28)40)24-14-7-15-27(17-16-24)33(41)39-31(25-10-3-1-4-11-25)26-12-5-2-6-13-26/h1-6,8-13,18-20,22,24,27,31,36H,7,14-17,21H2,(H,39,41)/t24?,27-/m0/s1. The summed E-state index contributed by atoms with van der Waals surface area (Å²) in [6.07, 6.45) is 10.0. The van der Waals surface area contributed by atoms with E-state index in [1.165, 1.54) is 0 Å². The number of rotatable bonds is 8. The molecule has 3 aromatic heterocycles. The Morgan fingerprint density at radius 2 is 1.68 bits per heavy atom. The van der Waals surface area contributed by atoms with E-state index in [0.29, 0.717) is 6.54 Å². The molecule has 1 fully saturated rings. The van der Waals surface area contributed by atoms with Crippen molar-refractivity contribution in [3.63, 3.8) is 0 Å². The average molecular weight is 610 g/mol. The number of aromatic nitrogens is 4. The fourth-order valence-corrected chi connectivity index (χ4v) is 6.10. The Hall–Kier alpha value is -4.04. The highest BCUT2D eigenvalue weighted by molar-refractivity contribution is 9.10. The number of halogens is 1. The highest BCUT2D eigenvalue weighted by Gasteiger charge is 2.28. The number of carbonyl (C=O) groups excluding carboxylic acids is 1. The lowest BCUT2D eigenvalue weighted by Gasteiger charge is -2.23. The Kier molecular flexibility index (Phi) is 8.37. The number of pyridine rings is 1. The van der Waals surface area contributed by atoms with Gasteiger partial charge in [0.25, 0.3) is 0 Å². The van der Waals surface area contributed by atoms with E-state index in [1.54, 1.807) is 12.4 Å². The maximum atomic E-state index is 13.7. The minimum Gasteiger partial charge on any atom is -0.366 e. The topological polar surface area (TPSA) is 84.2 Å². The Morgan fingerprint density at radius 3 is 2.39 bits per heavy atom. The quantitative estimate of drug-likeness (QED) is 0.184. The molecule has 0 spiro atoms. The van der Waals surface area contributed by atoms with Crippen molar-refractivity contribution in [3.8, 4) is 0 Å². The van der Waals surface area contributed by atoms with E-state index < -0.39 is 0 Å². The molecule has 2 N–H and O–H groups in total. The zero-order valence-electron chi connectivity index (χ0n) is 22.8. The first-order valence-corrected chi connectivity index (χ1v) is 15.0. The van der Waals surface area contributed by atoms with Gasteiger partial charge >= 0.3 is 0 Å². The van der Waals surface area contributed by atoms with E-state index >= 15 is 0 Å². The summed E-state index contributed by atoms with van der Waals surface area (Å²) in [7, 11) is 0. The van der Waals surface area contributed by atoms with Crippen LogP contribution in [0.1, 0.15) is 66.4 Å². The molecule has 0 saturated heterocycles. The molecule has 1 aliphatic carbocycles. The van der Waals surface area contributed by atoms with Gasteiger partial charge in [-0.15, -0.1) is 0 Å². The Morgan fingerprint density at radius 1 is 0.927 bits per heavy atom. The number of benzene rings is 2. The molecule has 0 bridgehead atoms. The van der Waals surface area contributed by atoms with Crippen LogP contribution in [-0.4, -0.2) is 25.5 Å². The van der Waals surface area contributed by atoms with Crippen LogP contribution in [-0.2, 0) is 11.3 Å². The molecular weight excluding hydrogens is 576 g/mol. The minimum atomic E-state index is -0.166. The number of fused-ring (bicyclic) bond motifs is 1. The van der Waals surface area contributed by atoms with Crippen molar-refractivity contribution in [3.05, 3.63) is 124 Å². The summed E-state index contributed by atoms with van der Waals surface area (Å²) in [5.74, 6) is 1.27. The van der Waals surface area contributed by atoms with Crippen LogP contribution in [0.25, 0.3) is 5.65 Å². The first kappa shape index (κ1) is 27.1. The summed E-state index contributed by atoms with van der Waals surface area (Å²) >= 11 is 3.62. The molecule has 1 unspecified atom stereocenters. The van der Waals surface area contributed by atoms with Crippen molar-refractivity contribution in [1.82, 2.24) is 24.9 Å². The zero-order chi connectivity index (χ0) is 28.0. The van der Waals surface area contributed by atoms with E-state index in [1.807, 2.05) is 53.2 Å². The molecule has 208 valence electrons. The fourth-order valence-electron chi connectivity index (χ4n) is 5.76. The monoisotopic (exact) mass is 608 g/mol. The first-order valence-electron chi connectivity index (χ1n) is 14.2. The average Bonchev–Trinajstić information content (AvgIpc) is 3.23. The van der Waals surface area contributed by atoms with Crippen LogP contribution >= 0.6 is 15.9 Å². The normalized spacial score (nSPS) is 17.3. The molecule has 7 nitrogen and oxygen atoms in total. The predicted molar refractivity (Wildman–Crippen MR) is 164 cm³/mol.